The van der Waals surface area contributed by atoms with Crippen molar-refractivity contribution in [1.82, 2.24) is 0 Å². The van der Waals surface area contributed by atoms with Gasteiger partial charge in [0, 0.05) is 67.0 Å². The predicted molar refractivity (Wildman–Crippen MR) is 274 cm³/mol. The Balaban J connectivity index is 1.06. The quantitative estimate of drug-likeness (QED) is 0.113. The summed E-state index contributed by atoms with van der Waals surface area (Å²) in [6.45, 7) is 7.18. The summed E-state index contributed by atoms with van der Waals surface area (Å²) in [5.41, 5.74) is 12.2. The Hall–Kier alpha value is -7.86. The first-order chi connectivity index (χ1) is 31.4. The molecule has 0 saturated carbocycles. The summed E-state index contributed by atoms with van der Waals surface area (Å²) in [4.78, 5) is 4.72. The van der Waals surface area contributed by atoms with E-state index in [1.165, 1.54) is 10.6 Å². The van der Waals surface area contributed by atoms with Crippen LogP contribution in [0.5, 0.6) is 0 Å². The summed E-state index contributed by atoms with van der Waals surface area (Å²) in [5.74, 6) is 0. The molecule has 5 heteroatoms. The van der Waals surface area contributed by atoms with E-state index in [4.69, 9.17) is 8.83 Å². The summed E-state index contributed by atoms with van der Waals surface area (Å²) in [6.07, 6.45) is 0. The van der Waals surface area contributed by atoms with Crippen molar-refractivity contribution in [2.75, 3.05) is 9.80 Å². The van der Waals surface area contributed by atoms with Gasteiger partial charge in [-0.25, -0.2) is 0 Å². The van der Waals surface area contributed by atoms with Crippen LogP contribution in [0.25, 0.3) is 76.5 Å². The van der Waals surface area contributed by atoms with Crippen molar-refractivity contribution in [1.29, 1.82) is 0 Å². The predicted octanol–water partition coefficient (Wildman–Crippen LogP) is 16.9. The van der Waals surface area contributed by atoms with Crippen molar-refractivity contribution in [3.05, 3.63) is 212 Å². The number of hydrogen-bond donors (Lipinski definition) is 0. The number of rotatable bonds is 8. The third kappa shape index (κ3) is 6.27. The maximum absolute atomic E-state index is 7.08. The second-order valence-electron chi connectivity index (χ2n) is 17.7. The number of nitrogens with zero attached hydrogens (tertiary/aromatic N) is 2. The molecule has 0 spiro atoms. The van der Waals surface area contributed by atoms with Crippen molar-refractivity contribution in [2.24, 2.45) is 0 Å². The number of benzene rings is 10. The lowest BCUT2D eigenvalue weighted by molar-refractivity contribution is 0.669. The van der Waals surface area contributed by atoms with E-state index in [0.717, 1.165) is 105 Å². The molecule has 10 aromatic carbocycles. The van der Waals surface area contributed by atoms with Crippen LogP contribution >= 0.6 is 0 Å². The standard InChI is InChI=1S/C59H44N2O2Si/c1-64(2,3)45-31-26-41(27-32-45)60(40-18-8-5-9-19-40)44-29-34-51-57(38-44)63-59-50-33-28-42(36-52(50)47-21-10-11-23-49(47)58(51)59)61(54-24-14-12-20-46(54)39-16-6-4-7-17-39)43-30-35-56-53(37-43)48-22-13-15-25-55(48)62-56/h4-38H,1-3H3. The Morgan fingerprint density at radius 2 is 0.906 bits per heavy atom. The fourth-order valence-electron chi connectivity index (χ4n) is 9.66. The van der Waals surface area contributed by atoms with Gasteiger partial charge in [0.25, 0.3) is 0 Å². The van der Waals surface area contributed by atoms with Crippen molar-refractivity contribution in [2.45, 2.75) is 19.6 Å². The lowest BCUT2D eigenvalue weighted by Gasteiger charge is -2.28. The van der Waals surface area contributed by atoms with Gasteiger partial charge in [-0.3, -0.25) is 0 Å². The molecule has 2 heterocycles. The molecule has 0 aliphatic heterocycles. The summed E-state index contributed by atoms with van der Waals surface area (Å²) in [5, 5.41) is 10.4. The fourth-order valence-corrected chi connectivity index (χ4v) is 10.8. The van der Waals surface area contributed by atoms with Gasteiger partial charge in [-0.05, 0) is 107 Å². The van der Waals surface area contributed by atoms with Gasteiger partial charge < -0.3 is 18.6 Å². The minimum atomic E-state index is -1.47. The second kappa shape index (κ2) is 14.9. The van der Waals surface area contributed by atoms with Crippen molar-refractivity contribution in [3.63, 3.8) is 0 Å². The van der Waals surface area contributed by atoms with Crippen LogP contribution < -0.4 is 15.0 Å². The molecule has 306 valence electrons. The zero-order valence-corrected chi connectivity index (χ0v) is 36.9. The molecule has 64 heavy (non-hydrogen) atoms. The number of hydrogen-bond acceptors (Lipinski definition) is 4. The molecule has 12 aromatic rings. The molecule has 0 amide bonds. The van der Waals surface area contributed by atoms with Crippen molar-refractivity contribution in [3.8, 4) is 11.1 Å². The number of fused-ring (bicyclic) bond motifs is 11. The van der Waals surface area contributed by atoms with Gasteiger partial charge in [0.2, 0.25) is 0 Å². The fraction of sp³-hybridized carbons (Fsp3) is 0.0508. The first-order valence-electron chi connectivity index (χ1n) is 22.0. The van der Waals surface area contributed by atoms with E-state index in [-0.39, 0.29) is 0 Å². The molecule has 0 fully saturated rings. The molecular weight excluding hydrogens is 797 g/mol. The maximum Gasteiger partial charge on any atom is 0.143 e. The molecule has 0 N–H and O–H groups in total. The van der Waals surface area contributed by atoms with Crippen LogP contribution in [0.15, 0.2) is 221 Å². The van der Waals surface area contributed by atoms with Gasteiger partial charge >= 0.3 is 0 Å². The summed E-state index contributed by atoms with van der Waals surface area (Å²) in [6, 6.07) is 76.2. The highest BCUT2D eigenvalue weighted by molar-refractivity contribution is 6.88. The van der Waals surface area contributed by atoms with Gasteiger partial charge in [-0.15, -0.1) is 0 Å². The minimum absolute atomic E-state index is 0.855. The zero-order chi connectivity index (χ0) is 42.9. The average Bonchev–Trinajstić information content (AvgIpc) is 3.91. The van der Waals surface area contributed by atoms with Gasteiger partial charge in [0.15, 0.2) is 0 Å². The molecule has 0 saturated heterocycles. The van der Waals surface area contributed by atoms with Crippen molar-refractivity contribution < 1.29 is 8.83 Å². The Labute approximate surface area is 372 Å². The zero-order valence-electron chi connectivity index (χ0n) is 35.9. The second-order valence-corrected chi connectivity index (χ2v) is 22.8. The first kappa shape index (κ1) is 37.9. The van der Waals surface area contributed by atoms with Gasteiger partial charge in [-0.1, -0.05) is 146 Å². The Morgan fingerprint density at radius 3 is 1.67 bits per heavy atom. The smallest absolute Gasteiger partial charge is 0.143 e. The van der Waals surface area contributed by atoms with Crippen LogP contribution in [0.2, 0.25) is 19.6 Å². The minimum Gasteiger partial charge on any atom is -0.456 e. The lowest BCUT2D eigenvalue weighted by atomic mass is 9.95. The summed E-state index contributed by atoms with van der Waals surface area (Å²) >= 11 is 0. The van der Waals surface area contributed by atoms with E-state index in [1.807, 2.05) is 12.1 Å². The van der Waals surface area contributed by atoms with E-state index in [1.54, 1.807) is 0 Å². The van der Waals surface area contributed by atoms with Crippen LogP contribution in [0.1, 0.15) is 0 Å². The largest absolute Gasteiger partial charge is 0.456 e. The SMILES string of the molecule is C[Si](C)(C)c1ccc(N(c2ccccc2)c2ccc3c(c2)oc2c4ccc(N(c5ccc6oc7ccccc7c6c5)c5ccccc5-c5ccccc5)cc4c4ccccc4c32)cc1. The highest BCUT2D eigenvalue weighted by Gasteiger charge is 2.23. The molecule has 4 nitrogen and oxygen atoms in total. The molecule has 12 rings (SSSR count). The number of anilines is 6. The maximum atomic E-state index is 7.08. The Morgan fingerprint density at radius 1 is 0.344 bits per heavy atom. The van der Waals surface area contributed by atoms with Crippen molar-refractivity contribution >= 4 is 113 Å². The van der Waals surface area contributed by atoms with E-state index in [2.05, 4.69) is 230 Å². The van der Waals surface area contributed by atoms with Crippen LogP contribution in [-0.2, 0) is 0 Å². The molecule has 0 aliphatic carbocycles. The van der Waals surface area contributed by atoms with Gasteiger partial charge in [0.05, 0.1) is 13.8 Å². The van der Waals surface area contributed by atoms with Crippen LogP contribution in [0.4, 0.5) is 34.1 Å². The average molecular weight is 841 g/mol. The number of para-hydroxylation sites is 3. The highest BCUT2D eigenvalue weighted by atomic mass is 28.3. The third-order valence-electron chi connectivity index (χ3n) is 12.8. The van der Waals surface area contributed by atoms with Crippen LogP contribution in [0.3, 0.4) is 0 Å². The Bertz CT molecular complexity index is 3720. The monoisotopic (exact) mass is 840 g/mol. The summed E-state index contributed by atoms with van der Waals surface area (Å²) in [7, 11) is -1.47. The third-order valence-corrected chi connectivity index (χ3v) is 14.8. The normalized spacial score (nSPS) is 12.0. The molecular formula is C59H44N2O2Si. The Kier molecular flexibility index (Phi) is 8.82. The first-order valence-corrected chi connectivity index (χ1v) is 25.5. The number of furan rings is 2. The van der Waals surface area contributed by atoms with Crippen LogP contribution in [0, 0.1) is 0 Å². The molecule has 2 aromatic heterocycles. The molecule has 0 aliphatic rings. The lowest BCUT2D eigenvalue weighted by Crippen LogP contribution is -2.37. The summed E-state index contributed by atoms with van der Waals surface area (Å²) < 4.78 is 13.4. The molecule has 0 bridgehead atoms. The molecule has 0 radical (unpaired) electrons. The molecule has 0 atom stereocenters. The molecule has 0 unspecified atom stereocenters. The van der Waals surface area contributed by atoms with Gasteiger partial charge in [-0.2, -0.15) is 0 Å². The highest BCUT2D eigenvalue weighted by Crippen LogP contribution is 2.47. The topological polar surface area (TPSA) is 32.8 Å². The van der Waals surface area contributed by atoms with E-state index < -0.39 is 8.07 Å². The van der Waals surface area contributed by atoms with Crippen LogP contribution in [-0.4, -0.2) is 8.07 Å². The van der Waals surface area contributed by atoms with E-state index in [9.17, 15) is 0 Å². The van der Waals surface area contributed by atoms with Gasteiger partial charge in [0.1, 0.15) is 22.3 Å². The van der Waals surface area contributed by atoms with E-state index >= 15 is 0 Å². The van der Waals surface area contributed by atoms with E-state index in [0.29, 0.717) is 0 Å².